The molecule has 61 heavy (non-hydrogen) atoms. The molecule has 316 valence electrons. The summed E-state index contributed by atoms with van der Waals surface area (Å²) in [5.74, 6) is -10.4. The third-order valence-corrected chi connectivity index (χ3v) is 15.8. The molecule has 21 heteroatoms. The Kier molecular flexibility index (Phi) is 12.3. The minimum absolute atomic E-state index is 0.0428. The van der Waals surface area contributed by atoms with E-state index in [0.717, 1.165) is 17.0 Å². The first kappa shape index (κ1) is 43.7. The number of nitrogens with one attached hydrogen (secondary N) is 2. The lowest BCUT2D eigenvalue weighted by Gasteiger charge is -2.46. The third-order valence-electron chi connectivity index (χ3n) is 10.2. The summed E-state index contributed by atoms with van der Waals surface area (Å²) in [4.78, 5) is 62.5. The molecular formula is C40H32Cl4N6O9S2. The molecule has 5 aromatic rings. The molecule has 2 unspecified atom stereocenters. The summed E-state index contributed by atoms with van der Waals surface area (Å²) in [7, 11) is -8.90. The van der Waals surface area contributed by atoms with Gasteiger partial charge >= 0.3 is 5.97 Å². The molecule has 2 aliphatic rings. The molecule has 15 nitrogen and oxygen atoms in total. The summed E-state index contributed by atoms with van der Waals surface area (Å²) < 4.78 is 61.2. The lowest BCUT2D eigenvalue weighted by atomic mass is 9.77. The summed E-state index contributed by atoms with van der Waals surface area (Å²) in [6, 6.07) is 17.2. The second-order valence-corrected chi connectivity index (χ2v) is 19.0. The van der Waals surface area contributed by atoms with Gasteiger partial charge in [0.05, 0.1) is 48.8 Å². The number of benzene rings is 4. The van der Waals surface area contributed by atoms with Crippen LogP contribution in [0.5, 0.6) is 0 Å². The molecule has 3 heterocycles. The molecule has 2 aliphatic heterocycles. The summed E-state index contributed by atoms with van der Waals surface area (Å²) in [5, 5.41) is 15.2. The largest absolute Gasteiger partial charge is 0.481 e. The molecule has 0 aliphatic carbocycles. The van der Waals surface area contributed by atoms with Gasteiger partial charge in [0, 0.05) is 26.0 Å². The predicted molar refractivity (Wildman–Crippen MR) is 230 cm³/mol. The Morgan fingerprint density at radius 2 is 1.13 bits per heavy atom. The number of pyridine rings is 1. The van der Waals surface area contributed by atoms with E-state index in [1.54, 1.807) is 12.1 Å². The summed E-state index contributed by atoms with van der Waals surface area (Å²) in [5.41, 5.74) is 0.164. The minimum atomic E-state index is -5.11. The average Bonchev–Trinajstić information content (AvgIpc) is 3.23. The number of fused-ring (bicyclic) bond motifs is 2. The topological polar surface area (TPSA) is 203 Å². The van der Waals surface area contributed by atoms with E-state index >= 15 is 13.2 Å². The normalized spacial score (nSPS) is 17.3. The fourth-order valence-corrected chi connectivity index (χ4v) is 12.2. The Labute approximate surface area is 369 Å². The van der Waals surface area contributed by atoms with E-state index in [2.05, 4.69) is 15.6 Å². The number of carboxylic acids is 1. The van der Waals surface area contributed by atoms with Crippen LogP contribution in [0.15, 0.2) is 119 Å². The van der Waals surface area contributed by atoms with Crippen LogP contribution >= 0.6 is 46.4 Å². The number of rotatable bonds is 12. The van der Waals surface area contributed by atoms with Crippen LogP contribution in [-0.4, -0.2) is 81.2 Å². The zero-order valence-corrected chi connectivity index (χ0v) is 36.1. The number of carbonyl (C=O) groups excluding carboxylic acids is 3. The number of halogens is 4. The lowest BCUT2D eigenvalue weighted by Crippen LogP contribution is -2.65. The van der Waals surface area contributed by atoms with Gasteiger partial charge in [-0.15, -0.1) is 0 Å². The third kappa shape index (κ3) is 7.97. The van der Waals surface area contributed by atoms with Crippen molar-refractivity contribution >= 4 is 113 Å². The Morgan fingerprint density at radius 3 is 1.59 bits per heavy atom. The number of likely N-dealkylation sites (N-methyl/N-ethyl adjacent to an activating group) is 1. The molecule has 0 saturated heterocycles. The number of aliphatic carboxylic acids is 1. The summed E-state index contributed by atoms with van der Waals surface area (Å²) in [6.45, 7) is -0.122. The molecule has 0 radical (unpaired) electrons. The van der Waals surface area contributed by atoms with E-state index in [4.69, 9.17) is 46.4 Å². The van der Waals surface area contributed by atoms with Gasteiger partial charge in [-0.2, -0.15) is 0 Å². The number of carbonyl (C=O) groups is 4. The Hall–Kier alpha value is -5.43. The maximum absolute atomic E-state index is 15.3. The van der Waals surface area contributed by atoms with Crippen LogP contribution in [0.4, 0.5) is 22.7 Å². The molecule has 4 atom stereocenters. The smallest absolute Gasteiger partial charge is 0.310 e. The van der Waals surface area contributed by atoms with Gasteiger partial charge in [0.15, 0.2) is 0 Å². The van der Waals surface area contributed by atoms with Crippen molar-refractivity contribution in [2.24, 2.45) is 11.8 Å². The number of aromatic nitrogens is 1. The minimum Gasteiger partial charge on any atom is -0.481 e. The van der Waals surface area contributed by atoms with Gasteiger partial charge in [0.2, 0.25) is 17.7 Å². The SMILES string of the molecule is CN(CCc1ccncc1)C(=O)C(C(C(=O)O)[C@@H]1C(=O)Nc2ccccc2N1S(=O)(=O)c1cccc(Cl)c1Cl)[C@@H]1C(=O)Nc2ccccc2N1S(=O)(=O)c1cccc(Cl)c1Cl. The van der Waals surface area contributed by atoms with E-state index in [1.807, 2.05) is 0 Å². The van der Waals surface area contributed by atoms with E-state index < -0.39 is 87.5 Å². The van der Waals surface area contributed by atoms with Crippen molar-refractivity contribution in [2.75, 3.05) is 32.8 Å². The molecule has 1 aromatic heterocycles. The first-order valence-corrected chi connectivity index (χ1v) is 22.5. The number of carboxylic acid groups (broad SMARTS) is 1. The molecule has 3 N–H and O–H groups in total. The fraction of sp³-hybridized carbons (Fsp3) is 0.175. The number of hydrogen-bond donors (Lipinski definition) is 3. The lowest BCUT2D eigenvalue weighted by molar-refractivity contribution is -0.153. The monoisotopic (exact) mass is 944 g/mol. The molecule has 7 rings (SSSR count). The molecule has 0 fully saturated rings. The second-order valence-electron chi connectivity index (χ2n) is 13.9. The van der Waals surface area contributed by atoms with Gasteiger partial charge < -0.3 is 20.6 Å². The Morgan fingerprint density at radius 1 is 0.689 bits per heavy atom. The van der Waals surface area contributed by atoms with Crippen molar-refractivity contribution in [1.29, 1.82) is 0 Å². The highest BCUT2D eigenvalue weighted by Crippen LogP contribution is 2.46. The fourth-order valence-electron chi connectivity index (χ4n) is 7.40. The van der Waals surface area contributed by atoms with Gasteiger partial charge in [-0.05, 0) is 72.6 Å². The van der Waals surface area contributed by atoms with Crippen LogP contribution in [0, 0.1) is 11.8 Å². The number of para-hydroxylation sites is 4. The van der Waals surface area contributed by atoms with Crippen LogP contribution < -0.4 is 19.2 Å². The van der Waals surface area contributed by atoms with Crippen molar-refractivity contribution in [3.8, 4) is 0 Å². The molecule has 4 aromatic carbocycles. The summed E-state index contributed by atoms with van der Waals surface area (Å²) in [6.07, 6.45) is 3.23. The Balaban J connectivity index is 1.50. The Bertz CT molecular complexity index is 2820. The van der Waals surface area contributed by atoms with Crippen LogP contribution in [0.2, 0.25) is 20.1 Å². The van der Waals surface area contributed by atoms with Gasteiger partial charge in [0.25, 0.3) is 20.0 Å². The number of nitrogens with zero attached hydrogens (tertiary/aromatic N) is 4. The highest BCUT2D eigenvalue weighted by atomic mass is 35.5. The second kappa shape index (κ2) is 17.1. The van der Waals surface area contributed by atoms with Crippen LogP contribution in [0.25, 0.3) is 0 Å². The highest BCUT2D eigenvalue weighted by Gasteiger charge is 2.59. The van der Waals surface area contributed by atoms with E-state index in [9.17, 15) is 27.9 Å². The van der Waals surface area contributed by atoms with Crippen LogP contribution in [0.1, 0.15) is 5.56 Å². The molecule has 0 bridgehead atoms. The molecule has 3 amide bonds. The van der Waals surface area contributed by atoms with Crippen LogP contribution in [-0.2, 0) is 45.6 Å². The van der Waals surface area contributed by atoms with E-state index in [-0.39, 0.29) is 45.8 Å². The average molecular weight is 947 g/mol. The highest BCUT2D eigenvalue weighted by molar-refractivity contribution is 7.93. The summed E-state index contributed by atoms with van der Waals surface area (Å²) >= 11 is 25.5. The standard InChI is InChI=1S/C40H32Cl4N6O9S2/c1-48(21-18-22-16-19-45-20-17-22)39(53)31(35-37(51)46-25-10-2-4-12-27(25)49(35)60(56,57)29-14-6-8-23(41)33(29)43)32(40(54)55)36-38(52)47-26-11-3-5-13-28(26)50(36)61(58,59)30-15-7-9-24(42)34(30)44/h2-17,19-20,31-32,35-36H,18,21H2,1H3,(H,46,51)(H,47,52)(H,54,55)/t31?,32?,35-,36-/m1/s1. The quantitative estimate of drug-likeness (QED) is 0.125. The van der Waals surface area contributed by atoms with Gasteiger partial charge in [-0.1, -0.05) is 82.8 Å². The zero-order valence-electron chi connectivity index (χ0n) is 31.4. The molecule has 0 saturated carbocycles. The van der Waals surface area contributed by atoms with Crippen molar-refractivity contribution in [3.63, 3.8) is 0 Å². The molecular weight excluding hydrogens is 914 g/mol. The van der Waals surface area contributed by atoms with Crippen molar-refractivity contribution in [3.05, 3.63) is 135 Å². The first-order chi connectivity index (χ1) is 29.0. The van der Waals surface area contributed by atoms with Gasteiger partial charge in [-0.25, -0.2) is 16.8 Å². The van der Waals surface area contributed by atoms with Crippen molar-refractivity contribution < 1.29 is 41.1 Å². The first-order valence-electron chi connectivity index (χ1n) is 18.1. The van der Waals surface area contributed by atoms with E-state index in [1.165, 1.54) is 92.2 Å². The molecule has 0 spiro atoms. The van der Waals surface area contributed by atoms with Crippen molar-refractivity contribution in [1.82, 2.24) is 9.88 Å². The van der Waals surface area contributed by atoms with Gasteiger partial charge in [0.1, 0.15) is 27.8 Å². The number of hydrogen-bond acceptors (Lipinski definition) is 9. The van der Waals surface area contributed by atoms with Crippen molar-refractivity contribution in [2.45, 2.75) is 28.3 Å². The van der Waals surface area contributed by atoms with E-state index in [0.29, 0.717) is 14.2 Å². The van der Waals surface area contributed by atoms with Crippen LogP contribution in [0.3, 0.4) is 0 Å². The van der Waals surface area contributed by atoms with Gasteiger partial charge in [-0.3, -0.25) is 32.8 Å². The maximum atomic E-state index is 15.3. The maximum Gasteiger partial charge on any atom is 0.310 e. The number of amides is 3. The zero-order chi connectivity index (χ0) is 44.0. The number of sulfonamides is 2. The predicted octanol–water partition coefficient (Wildman–Crippen LogP) is 6.45. The number of anilines is 4.